The Bertz CT molecular complexity index is 328. The zero-order valence-corrected chi connectivity index (χ0v) is 9.05. The predicted octanol–water partition coefficient (Wildman–Crippen LogP) is 3.04. The largest absolute Gasteiger partial charge is 0.286 e. The first-order chi connectivity index (χ1) is 6.57. The second-order valence-corrected chi connectivity index (χ2v) is 5.80. The van der Waals surface area contributed by atoms with Gasteiger partial charge in [-0.05, 0) is 24.1 Å². The molecule has 78 valence electrons. The van der Waals surface area contributed by atoms with Gasteiger partial charge < -0.3 is 0 Å². The smallest absolute Gasteiger partial charge is 0.0547 e. The molecule has 0 bridgehead atoms. The average Bonchev–Trinajstić information content (AvgIpc) is 2.47. The van der Waals surface area contributed by atoms with E-state index in [-0.39, 0.29) is 6.04 Å². The van der Waals surface area contributed by atoms with Crippen LogP contribution in [0.4, 0.5) is 0 Å². The first kappa shape index (κ1) is 10.3. The van der Waals surface area contributed by atoms with Gasteiger partial charge in [-0.15, -0.1) is 10.8 Å². The maximum atomic E-state index is 9.38. The summed E-state index contributed by atoms with van der Waals surface area (Å²) in [5.41, 5.74) is 1.05. The summed E-state index contributed by atoms with van der Waals surface area (Å²) >= 11 is 5.76. The Morgan fingerprint density at radius 1 is 1.29 bits per heavy atom. The van der Waals surface area contributed by atoms with Crippen LogP contribution in [-0.2, 0) is 0 Å². The third kappa shape index (κ3) is 2.21. The average molecular weight is 234 g/mol. The van der Waals surface area contributed by atoms with Crippen molar-refractivity contribution in [2.24, 2.45) is 0 Å². The number of hydrogen-bond donors (Lipinski definition) is 3. The van der Waals surface area contributed by atoms with E-state index >= 15 is 0 Å². The molecule has 14 heavy (non-hydrogen) atoms. The molecule has 1 unspecified atom stereocenters. The van der Waals surface area contributed by atoms with E-state index in [1.807, 2.05) is 24.3 Å². The fourth-order valence-corrected chi connectivity index (χ4v) is 3.08. The highest BCUT2D eigenvalue weighted by atomic mass is 35.5. The van der Waals surface area contributed by atoms with E-state index < -0.39 is 10.8 Å². The third-order valence-electron chi connectivity index (χ3n) is 2.29. The molecule has 1 atom stereocenters. The number of rotatable bonds is 1. The molecule has 0 radical (unpaired) electrons. The Hall–Kier alpha value is -0.260. The van der Waals surface area contributed by atoms with Crippen molar-refractivity contribution in [2.45, 2.75) is 12.5 Å². The maximum Gasteiger partial charge on any atom is 0.0547 e. The van der Waals surface area contributed by atoms with Crippen molar-refractivity contribution in [3.8, 4) is 0 Å². The van der Waals surface area contributed by atoms with E-state index in [4.69, 9.17) is 11.6 Å². The van der Waals surface area contributed by atoms with Gasteiger partial charge in [0.15, 0.2) is 0 Å². The summed E-state index contributed by atoms with van der Waals surface area (Å²) in [7, 11) is -2.54. The Morgan fingerprint density at radius 2 is 1.93 bits per heavy atom. The third-order valence-corrected chi connectivity index (χ3v) is 4.01. The number of hydrogen-bond acceptors (Lipinski definition) is 3. The topological polar surface area (TPSA) is 52.5 Å². The maximum absolute atomic E-state index is 9.38. The van der Waals surface area contributed by atoms with Gasteiger partial charge >= 0.3 is 0 Å². The quantitative estimate of drug-likeness (QED) is 0.699. The first-order valence-electron chi connectivity index (χ1n) is 4.35. The lowest BCUT2D eigenvalue weighted by molar-refractivity contribution is 0.478. The lowest BCUT2D eigenvalue weighted by Gasteiger charge is -2.27. The molecule has 3 N–H and O–H groups in total. The highest BCUT2D eigenvalue weighted by Crippen LogP contribution is 2.45. The molecule has 1 saturated heterocycles. The molecule has 0 aromatic heterocycles. The van der Waals surface area contributed by atoms with Gasteiger partial charge in [0.25, 0.3) is 0 Å². The Kier molecular flexibility index (Phi) is 2.72. The predicted molar refractivity (Wildman–Crippen MR) is 59.7 cm³/mol. The van der Waals surface area contributed by atoms with E-state index in [9.17, 15) is 9.11 Å². The second kappa shape index (κ2) is 3.72. The molecule has 5 heteroatoms. The molecule has 1 aromatic rings. The standard InChI is InChI=1S/C9H12ClNO2S/c10-8-3-1-7(2-4-8)9-5-6-14(12,13)11-9/h1-4,9,11-13H,5-6H2. The van der Waals surface area contributed by atoms with Crippen molar-refractivity contribution in [2.75, 3.05) is 5.75 Å². The van der Waals surface area contributed by atoms with Crippen molar-refractivity contribution in [3.63, 3.8) is 0 Å². The van der Waals surface area contributed by atoms with Crippen LogP contribution in [0.1, 0.15) is 18.0 Å². The van der Waals surface area contributed by atoms with Crippen LogP contribution in [0.15, 0.2) is 24.3 Å². The van der Waals surface area contributed by atoms with Gasteiger partial charge in [0.1, 0.15) is 0 Å². The SMILES string of the molecule is OS1(O)CCC(c2ccc(Cl)cc2)N1. The molecule has 3 nitrogen and oxygen atoms in total. The molecule has 0 spiro atoms. The summed E-state index contributed by atoms with van der Waals surface area (Å²) in [4.78, 5) is 0. The number of nitrogens with one attached hydrogen (secondary N) is 1. The Labute approximate surface area is 89.6 Å². The molecule has 1 heterocycles. The minimum absolute atomic E-state index is 0.0391. The van der Waals surface area contributed by atoms with Crippen LogP contribution in [0.5, 0.6) is 0 Å². The Morgan fingerprint density at radius 3 is 2.43 bits per heavy atom. The van der Waals surface area contributed by atoms with Crippen LogP contribution in [0.25, 0.3) is 0 Å². The van der Waals surface area contributed by atoms with Crippen molar-refractivity contribution in [1.29, 1.82) is 0 Å². The molecule has 0 saturated carbocycles. The highest BCUT2D eigenvalue weighted by Gasteiger charge is 2.28. The molecule has 0 aliphatic carbocycles. The summed E-state index contributed by atoms with van der Waals surface area (Å²) in [6, 6.07) is 7.46. The van der Waals surface area contributed by atoms with Crippen molar-refractivity contribution >= 4 is 22.4 Å². The summed E-state index contributed by atoms with van der Waals surface area (Å²) < 4.78 is 21.6. The molecule has 1 aromatic carbocycles. The zero-order valence-electron chi connectivity index (χ0n) is 7.48. The Balaban J connectivity index is 2.14. The van der Waals surface area contributed by atoms with Crippen molar-refractivity contribution < 1.29 is 9.11 Å². The summed E-state index contributed by atoms with van der Waals surface area (Å²) in [6.45, 7) is 0. The van der Waals surface area contributed by atoms with Crippen LogP contribution in [-0.4, -0.2) is 14.9 Å². The zero-order chi connectivity index (χ0) is 10.2. The monoisotopic (exact) mass is 233 g/mol. The van der Waals surface area contributed by atoms with Gasteiger partial charge in [0.2, 0.25) is 0 Å². The summed E-state index contributed by atoms with van der Waals surface area (Å²) in [5, 5.41) is 0.693. The van der Waals surface area contributed by atoms with Crippen LogP contribution in [0.2, 0.25) is 5.02 Å². The molecule has 1 aliphatic rings. The fraction of sp³-hybridized carbons (Fsp3) is 0.333. The molecule has 0 amide bonds. The van der Waals surface area contributed by atoms with Crippen LogP contribution >= 0.6 is 22.4 Å². The minimum atomic E-state index is -2.54. The van der Waals surface area contributed by atoms with Crippen LogP contribution in [0.3, 0.4) is 0 Å². The molecule has 2 rings (SSSR count). The molecule has 1 aliphatic heterocycles. The van der Waals surface area contributed by atoms with E-state index in [0.29, 0.717) is 10.8 Å². The van der Waals surface area contributed by atoms with Gasteiger partial charge in [0.05, 0.1) is 11.8 Å². The number of halogens is 1. The van der Waals surface area contributed by atoms with Gasteiger partial charge in [0, 0.05) is 5.02 Å². The van der Waals surface area contributed by atoms with Crippen LogP contribution < -0.4 is 4.72 Å². The van der Waals surface area contributed by atoms with Crippen molar-refractivity contribution in [3.05, 3.63) is 34.9 Å². The molecule has 1 fully saturated rings. The van der Waals surface area contributed by atoms with E-state index in [1.54, 1.807) is 0 Å². The second-order valence-electron chi connectivity index (χ2n) is 3.38. The highest BCUT2D eigenvalue weighted by molar-refractivity contribution is 8.22. The van der Waals surface area contributed by atoms with Crippen molar-refractivity contribution in [1.82, 2.24) is 4.72 Å². The summed E-state index contributed by atoms with van der Waals surface area (Å²) in [5.74, 6) is 0.431. The van der Waals surface area contributed by atoms with E-state index in [1.165, 1.54) is 0 Å². The van der Waals surface area contributed by atoms with Gasteiger partial charge in [-0.25, -0.2) is 4.72 Å². The van der Waals surface area contributed by atoms with E-state index in [2.05, 4.69) is 4.72 Å². The lowest BCUT2D eigenvalue weighted by atomic mass is 10.1. The van der Waals surface area contributed by atoms with Gasteiger partial charge in [-0.3, -0.25) is 9.11 Å². The van der Waals surface area contributed by atoms with Gasteiger partial charge in [-0.2, -0.15) is 0 Å². The number of benzene rings is 1. The van der Waals surface area contributed by atoms with Crippen LogP contribution in [0, 0.1) is 0 Å². The van der Waals surface area contributed by atoms with Gasteiger partial charge in [-0.1, -0.05) is 23.7 Å². The lowest BCUT2D eigenvalue weighted by Crippen LogP contribution is -2.16. The normalized spacial score (nSPS) is 27.5. The first-order valence-corrected chi connectivity index (χ1v) is 6.45. The molecular formula is C9H12ClNO2S. The fourth-order valence-electron chi connectivity index (χ4n) is 1.56. The van der Waals surface area contributed by atoms with E-state index in [0.717, 1.165) is 12.0 Å². The summed E-state index contributed by atoms with van der Waals surface area (Å²) in [6.07, 6.45) is 0.754. The minimum Gasteiger partial charge on any atom is -0.286 e. The molecular weight excluding hydrogens is 222 g/mol.